The zero-order valence-electron chi connectivity index (χ0n) is 33.2. The predicted molar refractivity (Wildman–Crippen MR) is 211 cm³/mol. The number of nitrogens with zero attached hydrogens (tertiary/aromatic N) is 2. The lowest BCUT2D eigenvalue weighted by atomic mass is 10.1. The average Bonchev–Trinajstić information content (AvgIpc) is 3.02. The zero-order valence-corrected chi connectivity index (χ0v) is 34.4. The Balaban J connectivity index is -0.000000297. The van der Waals surface area contributed by atoms with Crippen molar-refractivity contribution in [3.8, 4) is 0 Å². The number of halogens is 2. The standard InChI is InChI=1S/C17H26BrNO.C8H7BrO2.C8H20N2.C2H6O.C2H6.CH4/c1-13(2)19(14(3)4)11-5-6-17(20)12-15-7-9-16(18)10-8-15;9-7-3-1-6(2-4-7)5-8(10)11;1-7(2)10(6-5-9)8(3)4;1-2-3;1-2;/h7-10,13-14H,5-6,11-12H2,1-4H3;1-4H,5H2,(H,10,11);7-8H,5-6,9H2,1-4H3;3H,2H2,1H3;1-2H3;1H4/i;;;;1D;1T. The molecule has 0 aliphatic heterocycles. The number of carboxylic acids is 1. The maximum absolute atomic E-state index is 12.0. The van der Waals surface area contributed by atoms with E-state index in [-0.39, 0.29) is 13.0 Å². The van der Waals surface area contributed by atoms with E-state index in [0.717, 1.165) is 46.1 Å². The van der Waals surface area contributed by atoms with Crippen LogP contribution in [0.3, 0.4) is 0 Å². The van der Waals surface area contributed by atoms with Crippen LogP contribution in [0.4, 0.5) is 0 Å². The summed E-state index contributed by atoms with van der Waals surface area (Å²) in [6.45, 7) is 24.7. The van der Waals surface area contributed by atoms with Crippen molar-refractivity contribution >= 4 is 43.6 Å². The van der Waals surface area contributed by atoms with Crippen molar-refractivity contribution in [1.82, 2.24) is 9.80 Å². The number of carbonyl (C=O) groups excluding carboxylic acids is 1. The van der Waals surface area contributed by atoms with Crippen LogP contribution < -0.4 is 5.73 Å². The highest BCUT2D eigenvalue weighted by Crippen LogP contribution is 2.13. The molecule has 0 fully saturated rings. The molecular formula is C38H69Br2N3O4. The Morgan fingerprint density at radius 2 is 1.13 bits per heavy atom. The van der Waals surface area contributed by atoms with E-state index in [2.05, 4.69) is 97.0 Å². The van der Waals surface area contributed by atoms with E-state index in [1.807, 2.05) is 36.4 Å². The van der Waals surface area contributed by atoms with E-state index < -0.39 is 5.97 Å². The van der Waals surface area contributed by atoms with Crippen molar-refractivity contribution in [3.63, 3.8) is 0 Å². The minimum absolute atomic E-state index is 0.0906. The van der Waals surface area contributed by atoms with Gasteiger partial charge in [-0.2, -0.15) is 0 Å². The molecule has 0 aromatic heterocycles. The first-order chi connectivity index (χ1) is 23.0. The largest absolute Gasteiger partial charge is 0.481 e. The van der Waals surface area contributed by atoms with Gasteiger partial charge in [-0.15, -0.1) is 0 Å². The minimum atomic E-state index is -0.799. The number of nitrogens with two attached hydrogens (primary N) is 1. The lowest BCUT2D eigenvalue weighted by Gasteiger charge is -2.30. The SMILES string of the molecule is CC(C)N(CCCC(=O)Cc1ccc(Br)cc1)C(C)C.CC(C)N(CCN)C(C)C.CCO.O=C(O)Cc1ccc(Br)cc1.[2H]CC.[3H]C. The van der Waals surface area contributed by atoms with Crippen molar-refractivity contribution in [2.45, 2.75) is 133 Å². The van der Waals surface area contributed by atoms with Gasteiger partial charge in [-0.1, -0.05) is 77.4 Å². The second kappa shape index (κ2) is 32.9. The highest BCUT2D eigenvalue weighted by atomic mass is 79.9. The number of aliphatic carboxylic acids is 1. The van der Waals surface area contributed by atoms with Gasteiger partial charge in [0.2, 0.25) is 0 Å². The number of aliphatic hydroxyl groups is 1. The van der Waals surface area contributed by atoms with Crippen molar-refractivity contribution in [2.24, 2.45) is 5.73 Å². The Morgan fingerprint density at radius 3 is 1.40 bits per heavy atom. The quantitative estimate of drug-likeness (QED) is 0.175. The number of hydrogen-bond acceptors (Lipinski definition) is 6. The highest BCUT2D eigenvalue weighted by Gasteiger charge is 2.14. The molecule has 274 valence electrons. The van der Waals surface area contributed by atoms with Gasteiger partial charge in [0.15, 0.2) is 0 Å². The third-order valence-electron chi connectivity index (χ3n) is 6.50. The van der Waals surface area contributed by atoms with Crippen LogP contribution in [0.5, 0.6) is 0 Å². The summed E-state index contributed by atoms with van der Waals surface area (Å²) < 4.78 is 14.0. The summed E-state index contributed by atoms with van der Waals surface area (Å²) in [5.41, 5.74) is 7.38. The van der Waals surface area contributed by atoms with Crippen LogP contribution in [0.2, 0.25) is 0 Å². The second-order valence-electron chi connectivity index (χ2n) is 11.6. The van der Waals surface area contributed by atoms with Gasteiger partial charge in [0.05, 0.1) is 6.42 Å². The lowest BCUT2D eigenvalue weighted by molar-refractivity contribution is -0.136. The summed E-state index contributed by atoms with van der Waals surface area (Å²) in [5, 5.41) is 16.0. The van der Waals surface area contributed by atoms with Crippen molar-refractivity contribution in [2.75, 3.05) is 26.2 Å². The monoisotopic (exact) mass is 792 g/mol. The summed E-state index contributed by atoms with van der Waals surface area (Å²) in [6, 6.07) is 17.5. The van der Waals surface area contributed by atoms with Gasteiger partial charge in [-0.3, -0.25) is 19.4 Å². The van der Waals surface area contributed by atoms with E-state index in [0.29, 0.717) is 49.7 Å². The molecule has 7 nitrogen and oxygen atoms in total. The average molecular weight is 795 g/mol. The van der Waals surface area contributed by atoms with Crippen LogP contribution in [0, 0.1) is 0 Å². The van der Waals surface area contributed by atoms with Crippen LogP contribution in [0.15, 0.2) is 57.5 Å². The molecule has 2 aromatic rings. The summed E-state index contributed by atoms with van der Waals surface area (Å²) in [6.07, 6.45) is 2.27. The number of rotatable bonds is 14. The molecule has 0 radical (unpaired) electrons. The van der Waals surface area contributed by atoms with Crippen molar-refractivity contribution in [1.29, 1.82) is 0 Å². The Morgan fingerprint density at radius 1 is 0.809 bits per heavy atom. The molecule has 0 atom stereocenters. The minimum Gasteiger partial charge on any atom is -0.481 e. The van der Waals surface area contributed by atoms with Gasteiger partial charge >= 0.3 is 5.97 Å². The molecule has 47 heavy (non-hydrogen) atoms. The molecule has 2 aromatic carbocycles. The van der Waals surface area contributed by atoms with Crippen molar-refractivity contribution in [3.05, 3.63) is 68.6 Å². The molecule has 0 spiro atoms. The molecule has 0 amide bonds. The fourth-order valence-electron chi connectivity index (χ4n) is 4.53. The van der Waals surface area contributed by atoms with E-state index in [4.69, 9.17) is 18.7 Å². The topological polar surface area (TPSA) is 107 Å². The van der Waals surface area contributed by atoms with Crippen LogP contribution >= 0.6 is 31.9 Å². The normalized spacial score (nSPS) is 10.7. The third kappa shape index (κ3) is 30.2. The van der Waals surface area contributed by atoms with Crippen LogP contribution in [0.25, 0.3) is 0 Å². The fourth-order valence-corrected chi connectivity index (χ4v) is 5.06. The first kappa shape index (κ1) is 47.5. The number of carbonyl (C=O) groups is 2. The molecule has 9 heteroatoms. The molecular weight excluding hydrogens is 722 g/mol. The van der Waals surface area contributed by atoms with Gasteiger partial charge < -0.3 is 15.9 Å². The van der Waals surface area contributed by atoms with Gasteiger partial charge in [-0.05, 0) is 111 Å². The molecule has 2 rings (SSSR count). The number of aliphatic hydroxyl groups excluding tert-OH is 1. The van der Waals surface area contributed by atoms with Gasteiger partial charge in [0.25, 0.3) is 0 Å². The third-order valence-corrected chi connectivity index (χ3v) is 7.55. The molecule has 0 aliphatic rings. The fraction of sp³-hybridized carbons (Fsp3) is 0.632. The number of carboxylic acid groups (broad SMARTS) is 1. The number of Topliss-reactive ketones (excluding diaryl/α,β-unsaturated/α-hetero) is 1. The maximum atomic E-state index is 12.0. The number of ketones is 1. The Hall–Kier alpha value is -1.62. The van der Waals surface area contributed by atoms with Crippen LogP contribution in [0.1, 0.15) is 110 Å². The van der Waals surface area contributed by atoms with Gasteiger partial charge in [0.1, 0.15) is 5.78 Å². The Kier molecular flexibility index (Phi) is 33.3. The summed E-state index contributed by atoms with van der Waals surface area (Å²) in [5.74, 6) is -0.466. The van der Waals surface area contributed by atoms with Crippen LogP contribution in [-0.2, 0) is 22.4 Å². The molecule has 0 unspecified atom stereocenters. The van der Waals surface area contributed by atoms with Gasteiger partial charge in [-0.25, -0.2) is 0 Å². The first-order valence-electron chi connectivity index (χ1n) is 18.1. The Bertz CT molecular complexity index is 1010. The zero-order chi connectivity index (χ0) is 38.9. The predicted octanol–water partition coefficient (Wildman–Crippen LogP) is 9.26. The number of hydrogen-bond donors (Lipinski definition) is 3. The Labute approximate surface area is 308 Å². The lowest BCUT2D eigenvalue weighted by Crippen LogP contribution is -2.40. The molecule has 0 bridgehead atoms. The van der Waals surface area contributed by atoms with E-state index in [1.54, 1.807) is 26.0 Å². The second-order valence-corrected chi connectivity index (χ2v) is 13.4. The van der Waals surface area contributed by atoms with E-state index in [9.17, 15) is 9.59 Å². The summed E-state index contributed by atoms with van der Waals surface area (Å²) in [4.78, 5) is 27.1. The molecule has 0 aliphatic carbocycles. The van der Waals surface area contributed by atoms with Crippen molar-refractivity contribution < 1.29 is 22.5 Å². The molecule has 4 N–H and O–H groups in total. The molecule has 0 heterocycles. The summed E-state index contributed by atoms with van der Waals surface area (Å²) >= 11 is 6.67. The smallest absolute Gasteiger partial charge is 0.307 e. The summed E-state index contributed by atoms with van der Waals surface area (Å²) in [7, 11) is 1.25. The number of benzene rings is 2. The molecule has 0 saturated carbocycles. The van der Waals surface area contributed by atoms with E-state index in [1.165, 1.54) is 7.40 Å². The maximum Gasteiger partial charge on any atom is 0.307 e. The highest BCUT2D eigenvalue weighted by molar-refractivity contribution is 9.10. The molecule has 0 saturated heterocycles. The van der Waals surface area contributed by atoms with E-state index >= 15 is 0 Å². The first-order valence-corrected chi connectivity index (χ1v) is 17.9. The van der Waals surface area contributed by atoms with Gasteiger partial charge in [0, 0.05) is 68.4 Å². The van der Waals surface area contributed by atoms with Crippen LogP contribution in [-0.4, -0.2) is 82.2 Å².